The van der Waals surface area contributed by atoms with E-state index in [9.17, 15) is 9.13 Å². The van der Waals surface area contributed by atoms with Crippen LogP contribution in [0.15, 0.2) is 48.5 Å². The van der Waals surface area contributed by atoms with Gasteiger partial charge in [-0.1, -0.05) is 24.3 Å². The maximum atomic E-state index is 12.4. The van der Waals surface area contributed by atoms with Gasteiger partial charge < -0.3 is 18.1 Å². The summed E-state index contributed by atoms with van der Waals surface area (Å²) in [4.78, 5) is 0. The third-order valence-corrected chi connectivity index (χ3v) is 6.02. The van der Waals surface area contributed by atoms with Gasteiger partial charge in [-0.3, -0.25) is 0 Å². The van der Waals surface area contributed by atoms with E-state index in [1.54, 1.807) is 48.5 Å². The van der Waals surface area contributed by atoms with E-state index < -0.39 is 15.6 Å². The highest BCUT2D eigenvalue weighted by Crippen LogP contribution is 2.71. The molecule has 2 aromatic rings. The van der Waals surface area contributed by atoms with Crippen molar-refractivity contribution in [1.29, 1.82) is 0 Å². The predicted octanol–water partition coefficient (Wildman–Crippen LogP) is 4.16. The number of para-hydroxylation sites is 4. The number of hydrogen-bond acceptors (Lipinski definition) is 7. The van der Waals surface area contributed by atoms with Crippen molar-refractivity contribution in [2.75, 3.05) is 0 Å². The van der Waals surface area contributed by atoms with Crippen LogP contribution in [0, 0.1) is 0 Å². The largest absolute Gasteiger partial charge is 0.598 e. The van der Waals surface area contributed by atoms with E-state index in [0.717, 1.165) is 0 Å². The van der Waals surface area contributed by atoms with Gasteiger partial charge in [-0.25, -0.2) is 9.13 Å². The van der Waals surface area contributed by atoms with E-state index in [0.29, 0.717) is 0 Å². The summed E-state index contributed by atoms with van der Waals surface area (Å²) in [5.74, 6) is 0.960. The molecule has 21 heavy (non-hydrogen) atoms. The standard InChI is InChI=1S/C12H8O7P2/c13-20(15-9-5-1-2-6-10(9)16-20)19-21(14)17-11-7-3-4-8-12(11)18-21/h1-8H. The Balaban J connectivity index is 1.59. The number of benzene rings is 2. The maximum absolute atomic E-state index is 12.4. The molecule has 0 spiro atoms. The summed E-state index contributed by atoms with van der Waals surface area (Å²) < 4.78 is 50.1. The van der Waals surface area contributed by atoms with E-state index >= 15 is 0 Å². The quantitative estimate of drug-likeness (QED) is 0.766. The van der Waals surface area contributed by atoms with Crippen LogP contribution in [0.1, 0.15) is 0 Å². The smallest absolute Gasteiger partial charge is 0.391 e. The molecule has 0 atom stereocenters. The average molecular weight is 326 g/mol. The van der Waals surface area contributed by atoms with Crippen LogP contribution in [0.2, 0.25) is 0 Å². The van der Waals surface area contributed by atoms with E-state index in [4.69, 9.17) is 22.4 Å². The summed E-state index contributed by atoms with van der Waals surface area (Å²) >= 11 is 0. The molecule has 4 rings (SSSR count). The van der Waals surface area contributed by atoms with Crippen LogP contribution in [0.25, 0.3) is 0 Å². The lowest BCUT2D eigenvalue weighted by Crippen LogP contribution is -2.01. The number of rotatable bonds is 2. The van der Waals surface area contributed by atoms with Gasteiger partial charge in [0.2, 0.25) is 0 Å². The van der Waals surface area contributed by atoms with E-state index in [2.05, 4.69) is 0 Å². The van der Waals surface area contributed by atoms with E-state index in [-0.39, 0.29) is 23.0 Å². The molecule has 7 nitrogen and oxygen atoms in total. The van der Waals surface area contributed by atoms with Gasteiger partial charge >= 0.3 is 15.6 Å². The molecule has 0 bridgehead atoms. The van der Waals surface area contributed by atoms with Gasteiger partial charge in [0.25, 0.3) is 0 Å². The molecule has 0 amide bonds. The van der Waals surface area contributed by atoms with Crippen LogP contribution >= 0.6 is 15.6 Å². The average Bonchev–Trinajstić information content (AvgIpc) is 2.92. The molecule has 0 aliphatic carbocycles. The number of phosphoric acid groups is 2. The number of fused-ring (bicyclic) bond motifs is 2. The molecule has 9 heteroatoms. The molecule has 2 aliphatic heterocycles. The number of hydrogen-bond donors (Lipinski definition) is 0. The zero-order valence-corrected chi connectivity index (χ0v) is 12.2. The molecular formula is C12H8O7P2. The van der Waals surface area contributed by atoms with Gasteiger partial charge in [0.05, 0.1) is 0 Å². The third-order valence-electron chi connectivity index (χ3n) is 2.74. The van der Waals surface area contributed by atoms with Crippen molar-refractivity contribution in [3.05, 3.63) is 48.5 Å². The first kappa shape index (κ1) is 12.8. The Morgan fingerprint density at radius 2 is 0.905 bits per heavy atom. The van der Waals surface area contributed by atoms with Crippen molar-refractivity contribution in [2.24, 2.45) is 0 Å². The Morgan fingerprint density at radius 1 is 0.619 bits per heavy atom. The van der Waals surface area contributed by atoms with Crippen molar-refractivity contribution in [1.82, 2.24) is 0 Å². The highest BCUT2D eigenvalue weighted by atomic mass is 31.3. The fourth-order valence-corrected chi connectivity index (χ4v) is 5.06. The first-order chi connectivity index (χ1) is 10.1. The minimum Gasteiger partial charge on any atom is -0.391 e. The summed E-state index contributed by atoms with van der Waals surface area (Å²) in [5, 5.41) is 0. The number of phosphoric ester groups is 2. The van der Waals surface area contributed by atoms with Gasteiger partial charge in [-0.05, 0) is 24.3 Å². The Morgan fingerprint density at radius 3 is 1.19 bits per heavy atom. The monoisotopic (exact) mass is 326 g/mol. The van der Waals surface area contributed by atoms with Gasteiger partial charge in [0.1, 0.15) is 0 Å². The normalized spacial score (nSPS) is 19.4. The van der Waals surface area contributed by atoms with Gasteiger partial charge in [-0.15, -0.1) is 4.31 Å². The van der Waals surface area contributed by atoms with Crippen LogP contribution in [-0.2, 0) is 13.4 Å². The lowest BCUT2D eigenvalue weighted by Gasteiger charge is -2.12. The molecule has 0 aromatic heterocycles. The van der Waals surface area contributed by atoms with E-state index in [1.165, 1.54) is 0 Å². The van der Waals surface area contributed by atoms with Crippen LogP contribution in [0.4, 0.5) is 0 Å². The highest BCUT2D eigenvalue weighted by Gasteiger charge is 2.52. The second kappa shape index (κ2) is 4.28. The Bertz CT molecular complexity index is 693. The molecule has 2 heterocycles. The molecule has 0 saturated heterocycles. The SMILES string of the molecule is O=P1(OP2(=O)Oc3ccccc3O2)Oc2ccccc2O1. The fourth-order valence-electron chi connectivity index (χ4n) is 1.91. The van der Waals surface area contributed by atoms with Crippen molar-refractivity contribution in [3.63, 3.8) is 0 Å². The summed E-state index contributed by atoms with van der Waals surface area (Å²) in [7, 11) is -8.22. The Labute approximate surface area is 119 Å². The first-order valence-corrected chi connectivity index (χ1v) is 8.85. The predicted molar refractivity (Wildman–Crippen MR) is 71.7 cm³/mol. The minimum absolute atomic E-state index is 0.240. The first-order valence-electron chi connectivity index (χ1n) is 5.93. The molecule has 0 saturated carbocycles. The second-order valence-electron chi connectivity index (χ2n) is 4.23. The highest BCUT2D eigenvalue weighted by molar-refractivity contribution is 7.63. The molecule has 0 unspecified atom stereocenters. The molecule has 0 radical (unpaired) electrons. The zero-order valence-electron chi connectivity index (χ0n) is 10.4. The minimum atomic E-state index is -4.11. The summed E-state index contributed by atoms with van der Waals surface area (Å²) in [6, 6.07) is 12.9. The fraction of sp³-hybridized carbons (Fsp3) is 0. The lowest BCUT2D eigenvalue weighted by molar-refractivity contribution is 0.275. The molecular weight excluding hydrogens is 318 g/mol. The van der Waals surface area contributed by atoms with Crippen molar-refractivity contribution < 1.29 is 31.5 Å². The van der Waals surface area contributed by atoms with Crippen LogP contribution in [0.5, 0.6) is 23.0 Å². The molecule has 0 N–H and O–H groups in total. The molecule has 2 aliphatic rings. The summed E-state index contributed by atoms with van der Waals surface area (Å²) in [6.07, 6.45) is 0. The maximum Gasteiger partial charge on any atom is 0.598 e. The van der Waals surface area contributed by atoms with Gasteiger partial charge in [0, 0.05) is 0 Å². The van der Waals surface area contributed by atoms with Crippen molar-refractivity contribution in [2.45, 2.75) is 0 Å². The van der Waals surface area contributed by atoms with Gasteiger partial charge in [0.15, 0.2) is 23.0 Å². The molecule has 108 valence electrons. The zero-order chi connectivity index (χ0) is 14.5. The van der Waals surface area contributed by atoms with Crippen LogP contribution in [-0.4, -0.2) is 0 Å². The summed E-state index contributed by atoms with van der Waals surface area (Å²) in [5.41, 5.74) is 0. The second-order valence-corrected chi connectivity index (χ2v) is 7.41. The van der Waals surface area contributed by atoms with Gasteiger partial charge in [-0.2, -0.15) is 0 Å². The topological polar surface area (TPSA) is 80.3 Å². The summed E-state index contributed by atoms with van der Waals surface area (Å²) in [6.45, 7) is 0. The third kappa shape index (κ3) is 2.20. The Hall–Kier alpha value is -1.94. The van der Waals surface area contributed by atoms with Crippen molar-refractivity contribution >= 4 is 15.6 Å². The Kier molecular flexibility index (Phi) is 2.60. The van der Waals surface area contributed by atoms with Crippen LogP contribution in [0.3, 0.4) is 0 Å². The molecule has 0 fully saturated rings. The molecule has 2 aromatic carbocycles. The van der Waals surface area contributed by atoms with Crippen LogP contribution < -0.4 is 18.1 Å². The lowest BCUT2D eigenvalue weighted by atomic mass is 10.3. The van der Waals surface area contributed by atoms with E-state index in [1.807, 2.05) is 0 Å². The van der Waals surface area contributed by atoms with Crippen molar-refractivity contribution in [3.8, 4) is 23.0 Å².